The molecule has 2 aromatic carbocycles. The van der Waals surface area contributed by atoms with E-state index in [0.717, 1.165) is 28.4 Å². The first kappa shape index (κ1) is 18.3. The van der Waals surface area contributed by atoms with E-state index in [1.165, 1.54) is 0 Å². The Kier molecular flexibility index (Phi) is 5.89. The third kappa shape index (κ3) is 4.55. The van der Waals surface area contributed by atoms with Gasteiger partial charge < -0.3 is 20.1 Å². The summed E-state index contributed by atoms with van der Waals surface area (Å²) in [7, 11) is 3.23. The van der Waals surface area contributed by atoms with Crippen LogP contribution in [0, 0.1) is 0 Å². The summed E-state index contributed by atoms with van der Waals surface area (Å²) < 4.78 is 10.6. The second kappa shape index (κ2) is 8.71. The van der Waals surface area contributed by atoms with Crippen molar-refractivity contribution in [2.75, 3.05) is 19.5 Å². The molecule has 0 atom stereocenters. The Hall–Kier alpha value is -3.54. The lowest BCUT2D eigenvalue weighted by Gasteiger charge is -2.11. The molecular formula is C21H21N3O3. The van der Waals surface area contributed by atoms with Crippen molar-refractivity contribution >= 4 is 17.3 Å². The number of methoxy groups -OCH3 is 2. The highest BCUT2D eigenvalue weighted by atomic mass is 16.5. The first-order valence-electron chi connectivity index (χ1n) is 8.47. The molecule has 6 heteroatoms. The van der Waals surface area contributed by atoms with E-state index in [9.17, 15) is 4.79 Å². The number of carbonyl (C=O) groups excluding carboxylic acids is 1. The van der Waals surface area contributed by atoms with Gasteiger partial charge in [-0.25, -0.2) is 4.98 Å². The van der Waals surface area contributed by atoms with E-state index in [-0.39, 0.29) is 5.91 Å². The largest absolute Gasteiger partial charge is 0.496 e. The monoisotopic (exact) mass is 363 g/mol. The van der Waals surface area contributed by atoms with Crippen molar-refractivity contribution in [3.05, 3.63) is 78.1 Å². The summed E-state index contributed by atoms with van der Waals surface area (Å²) in [5.74, 6) is 1.22. The highest BCUT2D eigenvalue weighted by Gasteiger charge is 2.09. The molecule has 138 valence electrons. The molecule has 0 bridgehead atoms. The fourth-order valence-electron chi connectivity index (χ4n) is 2.62. The van der Waals surface area contributed by atoms with Crippen molar-refractivity contribution in [3.8, 4) is 11.5 Å². The number of anilines is 2. The maximum Gasteiger partial charge on any atom is 0.270 e. The first-order chi connectivity index (χ1) is 13.2. The highest BCUT2D eigenvalue weighted by molar-refractivity contribution is 5.92. The minimum atomic E-state index is -0.246. The third-order valence-corrected chi connectivity index (χ3v) is 4.01. The quantitative estimate of drug-likeness (QED) is 0.668. The number of hydrogen-bond donors (Lipinski definition) is 2. The normalized spacial score (nSPS) is 10.1. The second-order valence-corrected chi connectivity index (χ2v) is 5.75. The number of pyridine rings is 1. The van der Waals surface area contributed by atoms with E-state index in [2.05, 4.69) is 15.6 Å². The number of carbonyl (C=O) groups is 1. The van der Waals surface area contributed by atoms with Crippen molar-refractivity contribution in [3.63, 3.8) is 0 Å². The smallest absolute Gasteiger partial charge is 0.270 e. The van der Waals surface area contributed by atoms with Crippen molar-refractivity contribution in [2.24, 2.45) is 0 Å². The fraction of sp³-hybridized carbons (Fsp3) is 0.143. The Labute approximate surface area is 158 Å². The number of para-hydroxylation sites is 3. The molecule has 1 heterocycles. The maximum atomic E-state index is 12.3. The average molecular weight is 363 g/mol. The fourth-order valence-corrected chi connectivity index (χ4v) is 2.62. The number of hydrogen-bond acceptors (Lipinski definition) is 5. The molecule has 0 unspecified atom stereocenters. The summed E-state index contributed by atoms with van der Waals surface area (Å²) in [5.41, 5.74) is 2.84. The van der Waals surface area contributed by atoms with E-state index in [1.807, 2.05) is 48.5 Å². The van der Waals surface area contributed by atoms with Gasteiger partial charge in [0.15, 0.2) is 0 Å². The predicted octanol–water partition coefficient (Wildman–Crippen LogP) is 3.77. The van der Waals surface area contributed by atoms with Crippen LogP contribution < -0.4 is 20.1 Å². The van der Waals surface area contributed by atoms with Gasteiger partial charge in [-0.2, -0.15) is 0 Å². The van der Waals surface area contributed by atoms with Crippen LogP contribution in [0.4, 0.5) is 11.4 Å². The van der Waals surface area contributed by atoms with Crippen LogP contribution in [0.3, 0.4) is 0 Å². The Morgan fingerprint density at radius 1 is 0.926 bits per heavy atom. The molecule has 0 radical (unpaired) electrons. The van der Waals surface area contributed by atoms with E-state index in [4.69, 9.17) is 9.47 Å². The van der Waals surface area contributed by atoms with E-state index < -0.39 is 0 Å². The van der Waals surface area contributed by atoms with Gasteiger partial charge in [-0.3, -0.25) is 4.79 Å². The number of aromatic nitrogens is 1. The molecule has 0 aliphatic carbocycles. The van der Waals surface area contributed by atoms with E-state index >= 15 is 0 Å². The maximum absolute atomic E-state index is 12.3. The lowest BCUT2D eigenvalue weighted by molar-refractivity contribution is 0.0945. The second-order valence-electron chi connectivity index (χ2n) is 5.75. The summed E-state index contributed by atoms with van der Waals surface area (Å²) in [6.07, 6.45) is 1.62. The molecule has 0 aliphatic rings. The van der Waals surface area contributed by atoms with Gasteiger partial charge in [0, 0.05) is 12.1 Å². The van der Waals surface area contributed by atoms with Gasteiger partial charge in [0.25, 0.3) is 5.91 Å². The predicted molar refractivity (Wildman–Crippen MR) is 105 cm³/mol. The van der Waals surface area contributed by atoms with Crippen LogP contribution in [-0.2, 0) is 6.54 Å². The third-order valence-electron chi connectivity index (χ3n) is 4.01. The van der Waals surface area contributed by atoms with Crippen LogP contribution in [0.5, 0.6) is 11.5 Å². The molecule has 6 nitrogen and oxygen atoms in total. The van der Waals surface area contributed by atoms with Crippen molar-refractivity contribution < 1.29 is 14.3 Å². The van der Waals surface area contributed by atoms with Gasteiger partial charge in [-0.15, -0.1) is 0 Å². The van der Waals surface area contributed by atoms with Crippen LogP contribution >= 0.6 is 0 Å². The Morgan fingerprint density at radius 3 is 2.33 bits per heavy atom. The topological polar surface area (TPSA) is 72.5 Å². The zero-order chi connectivity index (χ0) is 19.1. The Bertz CT molecular complexity index is 911. The number of ether oxygens (including phenoxy) is 2. The zero-order valence-corrected chi connectivity index (χ0v) is 15.2. The van der Waals surface area contributed by atoms with Crippen LogP contribution in [0.15, 0.2) is 66.9 Å². The summed E-state index contributed by atoms with van der Waals surface area (Å²) in [6, 6.07) is 18.6. The zero-order valence-electron chi connectivity index (χ0n) is 15.2. The van der Waals surface area contributed by atoms with Crippen molar-refractivity contribution in [2.45, 2.75) is 6.54 Å². The van der Waals surface area contributed by atoms with Crippen molar-refractivity contribution in [1.82, 2.24) is 10.3 Å². The van der Waals surface area contributed by atoms with Gasteiger partial charge >= 0.3 is 0 Å². The van der Waals surface area contributed by atoms with Gasteiger partial charge in [0.05, 0.1) is 31.8 Å². The molecule has 3 rings (SSSR count). The molecule has 1 aromatic heterocycles. The minimum absolute atomic E-state index is 0.246. The summed E-state index contributed by atoms with van der Waals surface area (Å²) >= 11 is 0. The number of nitrogens with one attached hydrogen (secondary N) is 2. The van der Waals surface area contributed by atoms with Gasteiger partial charge in [0.1, 0.15) is 17.2 Å². The number of nitrogens with zero attached hydrogens (tertiary/aromatic N) is 1. The molecule has 27 heavy (non-hydrogen) atoms. The van der Waals surface area contributed by atoms with Crippen LogP contribution in [-0.4, -0.2) is 25.1 Å². The van der Waals surface area contributed by atoms with Crippen molar-refractivity contribution in [1.29, 1.82) is 0 Å². The summed E-state index contributed by atoms with van der Waals surface area (Å²) in [4.78, 5) is 16.6. The lowest BCUT2D eigenvalue weighted by Crippen LogP contribution is -2.24. The van der Waals surface area contributed by atoms with Crippen LogP contribution in [0.25, 0.3) is 0 Å². The number of rotatable bonds is 7. The van der Waals surface area contributed by atoms with E-state index in [1.54, 1.807) is 32.5 Å². The molecule has 0 saturated carbocycles. The first-order valence-corrected chi connectivity index (χ1v) is 8.47. The number of benzene rings is 2. The molecule has 2 N–H and O–H groups in total. The molecule has 0 fully saturated rings. The minimum Gasteiger partial charge on any atom is -0.496 e. The SMILES string of the molecule is COc1ccccc1CNC(=O)c1ccc(Nc2ccccc2OC)cn1. The van der Waals surface area contributed by atoms with Gasteiger partial charge in [0.2, 0.25) is 0 Å². The summed E-state index contributed by atoms with van der Waals surface area (Å²) in [5, 5.41) is 6.08. The molecule has 1 amide bonds. The van der Waals surface area contributed by atoms with Gasteiger partial charge in [-0.05, 0) is 30.3 Å². The van der Waals surface area contributed by atoms with E-state index in [0.29, 0.717) is 12.2 Å². The van der Waals surface area contributed by atoms with Crippen LogP contribution in [0.1, 0.15) is 16.1 Å². The van der Waals surface area contributed by atoms with Crippen LogP contribution in [0.2, 0.25) is 0 Å². The number of amides is 1. The molecule has 3 aromatic rings. The molecule has 0 aliphatic heterocycles. The Balaban J connectivity index is 1.63. The van der Waals surface area contributed by atoms with Gasteiger partial charge in [-0.1, -0.05) is 30.3 Å². The highest BCUT2D eigenvalue weighted by Crippen LogP contribution is 2.26. The molecular weight excluding hydrogens is 342 g/mol. The lowest BCUT2D eigenvalue weighted by atomic mass is 10.2. The average Bonchev–Trinajstić information content (AvgIpc) is 2.73. The summed E-state index contributed by atoms with van der Waals surface area (Å²) in [6.45, 7) is 0.367. The Morgan fingerprint density at radius 2 is 1.63 bits per heavy atom. The standard InChI is InChI=1S/C21H21N3O3/c1-26-19-9-5-3-7-15(19)13-23-21(25)18-12-11-16(14-22-18)24-17-8-4-6-10-20(17)27-2/h3-12,14,24H,13H2,1-2H3,(H,23,25). The molecule has 0 saturated heterocycles. The molecule has 0 spiro atoms.